The van der Waals surface area contributed by atoms with Gasteiger partial charge in [0.05, 0.1) is 4.47 Å². The molecule has 3 rings (SSSR count). The van der Waals surface area contributed by atoms with Crippen molar-refractivity contribution in [3.63, 3.8) is 0 Å². The molecular weight excluding hydrogens is 316 g/mol. The van der Waals surface area contributed by atoms with Crippen molar-refractivity contribution >= 4 is 15.9 Å². The molecular formula is C16H23BrN2O. The number of piperazine rings is 1. The standard InChI is InChI=1S/C16H23BrN2O/c17-14-7-3-6-13(16(14)20)15(12-4-1-2-5-12)19-10-8-18-9-11-19/h3,6-7,12,15,18,20H,1-2,4-5,8-11H2/t15-/m1/s1. The van der Waals surface area contributed by atoms with Gasteiger partial charge in [-0.1, -0.05) is 25.0 Å². The molecule has 3 nitrogen and oxygen atoms in total. The summed E-state index contributed by atoms with van der Waals surface area (Å²) in [6, 6.07) is 6.44. The van der Waals surface area contributed by atoms with Gasteiger partial charge in [0, 0.05) is 37.8 Å². The van der Waals surface area contributed by atoms with E-state index in [0.29, 0.717) is 17.7 Å². The number of nitrogens with one attached hydrogen (secondary N) is 1. The monoisotopic (exact) mass is 338 g/mol. The van der Waals surface area contributed by atoms with E-state index >= 15 is 0 Å². The first-order chi connectivity index (χ1) is 9.77. The third-order valence-corrected chi connectivity index (χ3v) is 5.37. The van der Waals surface area contributed by atoms with E-state index in [-0.39, 0.29) is 0 Å². The Bertz CT molecular complexity index is 454. The Kier molecular flexibility index (Phi) is 4.64. The largest absolute Gasteiger partial charge is 0.506 e. The molecule has 1 saturated heterocycles. The summed E-state index contributed by atoms with van der Waals surface area (Å²) in [5.41, 5.74) is 1.10. The van der Waals surface area contributed by atoms with Gasteiger partial charge in [-0.3, -0.25) is 4.90 Å². The Hall–Kier alpha value is -0.580. The summed E-state index contributed by atoms with van der Waals surface area (Å²) in [5.74, 6) is 1.12. The lowest BCUT2D eigenvalue weighted by Gasteiger charge is -2.39. The second kappa shape index (κ2) is 6.46. The highest BCUT2D eigenvalue weighted by Gasteiger charge is 2.33. The lowest BCUT2D eigenvalue weighted by molar-refractivity contribution is 0.123. The predicted molar refractivity (Wildman–Crippen MR) is 84.9 cm³/mol. The molecule has 1 aliphatic carbocycles. The van der Waals surface area contributed by atoms with Crippen LogP contribution < -0.4 is 5.32 Å². The van der Waals surface area contributed by atoms with Crippen molar-refractivity contribution in [1.82, 2.24) is 10.2 Å². The van der Waals surface area contributed by atoms with Crippen LogP contribution in [-0.2, 0) is 0 Å². The first-order valence-corrected chi connectivity index (χ1v) is 8.49. The summed E-state index contributed by atoms with van der Waals surface area (Å²) in [6.45, 7) is 4.26. The lowest BCUT2D eigenvalue weighted by atomic mass is 9.89. The third kappa shape index (κ3) is 2.87. The predicted octanol–water partition coefficient (Wildman–Crippen LogP) is 3.29. The molecule has 2 aliphatic rings. The van der Waals surface area contributed by atoms with Crippen LogP contribution in [0.15, 0.2) is 22.7 Å². The molecule has 1 aromatic rings. The molecule has 0 amide bonds. The number of benzene rings is 1. The molecule has 1 aromatic carbocycles. The summed E-state index contributed by atoms with van der Waals surface area (Å²) in [5, 5.41) is 13.9. The Labute approximate surface area is 129 Å². The average molecular weight is 339 g/mol. The zero-order valence-electron chi connectivity index (χ0n) is 11.8. The van der Waals surface area contributed by atoms with Crippen molar-refractivity contribution in [2.45, 2.75) is 31.7 Å². The maximum absolute atomic E-state index is 10.5. The number of phenols is 1. The highest BCUT2D eigenvalue weighted by Crippen LogP contribution is 2.44. The summed E-state index contributed by atoms with van der Waals surface area (Å²) < 4.78 is 0.813. The van der Waals surface area contributed by atoms with Crippen LogP contribution in [0.2, 0.25) is 0 Å². The summed E-state index contributed by atoms with van der Waals surface area (Å²) >= 11 is 3.47. The van der Waals surface area contributed by atoms with E-state index in [1.807, 2.05) is 12.1 Å². The van der Waals surface area contributed by atoms with E-state index < -0.39 is 0 Å². The fourth-order valence-corrected chi connectivity index (χ4v) is 4.13. The fourth-order valence-electron chi connectivity index (χ4n) is 3.75. The van der Waals surface area contributed by atoms with E-state index in [0.717, 1.165) is 36.2 Å². The topological polar surface area (TPSA) is 35.5 Å². The zero-order chi connectivity index (χ0) is 13.9. The molecule has 0 aromatic heterocycles. The Morgan fingerprint density at radius 2 is 1.90 bits per heavy atom. The first-order valence-electron chi connectivity index (χ1n) is 7.69. The third-order valence-electron chi connectivity index (χ3n) is 4.73. The molecule has 0 spiro atoms. The summed E-state index contributed by atoms with van der Waals surface area (Å²) in [6.07, 6.45) is 5.26. The average Bonchev–Trinajstić information content (AvgIpc) is 2.99. The lowest BCUT2D eigenvalue weighted by Crippen LogP contribution is -2.46. The maximum Gasteiger partial charge on any atom is 0.134 e. The van der Waals surface area contributed by atoms with Crippen LogP contribution in [0.3, 0.4) is 0 Å². The summed E-state index contributed by atoms with van der Waals surface area (Å²) in [7, 11) is 0. The Morgan fingerprint density at radius 3 is 2.60 bits per heavy atom. The van der Waals surface area contributed by atoms with E-state index in [1.54, 1.807) is 0 Å². The smallest absolute Gasteiger partial charge is 0.134 e. The van der Waals surface area contributed by atoms with E-state index in [9.17, 15) is 5.11 Å². The molecule has 2 N–H and O–H groups in total. The highest BCUT2D eigenvalue weighted by molar-refractivity contribution is 9.10. The molecule has 2 fully saturated rings. The van der Waals surface area contributed by atoms with Crippen LogP contribution in [0, 0.1) is 5.92 Å². The van der Waals surface area contributed by atoms with E-state index in [4.69, 9.17) is 0 Å². The number of hydrogen-bond acceptors (Lipinski definition) is 3. The summed E-state index contributed by atoms with van der Waals surface area (Å²) in [4.78, 5) is 2.56. The number of para-hydroxylation sites is 1. The van der Waals surface area contributed by atoms with Crippen LogP contribution >= 0.6 is 15.9 Å². The second-order valence-electron chi connectivity index (χ2n) is 5.95. The Morgan fingerprint density at radius 1 is 1.20 bits per heavy atom. The molecule has 4 heteroatoms. The van der Waals surface area contributed by atoms with Crippen molar-refractivity contribution < 1.29 is 5.11 Å². The molecule has 1 aliphatic heterocycles. The fraction of sp³-hybridized carbons (Fsp3) is 0.625. The number of nitrogens with zero attached hydrogens (tertiary/aromatic N) is 1. The van der Waals surface area contributed by atoms with Gasteiger partial charge in [-0.2, -0.15) is 0 Å². The second-order valence-corrected chi connectivity index (χ2v) is 6.81. The zero-order valence-corrected chi connectivity index (χ0v) is 13.4. The van der Waals surface area contributed by atoms with Gasteiger partial charge in [0.1, 0.15) is 5.75 Å². The van der Waals surface area contributed by atoms with Gasteiger partial charge in [-0.25, -0.2) is 0 Å². The number of phenolic OH excluding ortho intramolecular Hbond substituents is 1. The molecule has 20 heavy (non-hydrogen) atoms. The number of halogens is 1. The van der Waals surface area contributed by atoms with Gasteiger partial charge in [-0.05, 0) is 40.8 Å². The molecule has 1 saturated carbocycles. The molecule has 0 unspecified atom stereocenters. The van der Waals surface area contributed by atoms with Crippen LogP contribution in [0.1, 0.15) is 37.3 Å². The van der Waals surface area contributed by atoms with Gasteiger partial charge in [0.25, 0.3) is 0 Å². The van der Waals surface area contributed by atoms with Gasteiger partial charge < -0.3 is 10.4 Å². The van der Waals surface area contributed by atoms with Gasteiger partial charge in [0.2, 0.25) is 0 Å². The number of aromatic hydroxyl groups is 1. The van der Waals surface area contributed by atoms with Gasteiger partial charge >= 0.3 is 0 Å². The Balaban J connectivity index is 1.93. The quantitative estimate of drug-likeness (QED) is 0.887. The van der Waals surface area contributed by atoms with Crippen molar-refractivity contribution in [3.8, 4) is 5.75 Å². The van der Waals surface area contributed by atoms with Crippen molar-refractivity contribution in [2.24, 2.45) is 5.92 Å². The minimum Gasteiger partial charge on any atom is -0.506 e. The van der Waals surface area contributed by atoms with E-state index in [1.165, 1.54) is 25.7 Å². The minimum atomic E-state index is 0.372. The minimum absolute atomic E-state index is 0.372. The number of hydrogen-bond donors (Lipinski definition) is 2. The maximum atomic E-state index is 10.5. The number of rotatable bonds is 3. The SMILES string of the molecule is Oc1c(Br)cccc1[C@@H](C1CCCC1)N1CCNCC1. The molecule has 1 atom stereocenters. The normalized spacial score (nSPS) is 23.1. The first kappa shape index (κ1) is 14.4. The van der Waals surface area contributed by atoms with E-state index in [2.05, 4.69) is 32.2 Å². The van der Waals surface area contributed by atoms with Gasteiger partial charge in [-0.15, -0.1) is 0 Å². The van der Waals surface area contributed by atoms with Crippen LogP contribution in [-0.4, -0.2) is 36.2 Å². The van der Waals surface area contributed by atoms with Crippen LogP contribution in [0.5, 0.6) is 5.75 Å². The van der Waals surface area contributed by atoms with Crippen molar-refractivity contribution in [1.29, 1.82) is 0 Å². The van der Waals surface area contributed by atoms with Crippen molar-refractivity contribution in [3.05, 3.63) is 28.2 Å². The molecule has 110 valence electrons. The van der Waals surface area contributed by atoms with Crippen LogP contribution in [0.25, 0.3) is 0 Å². The van der Waals surface area contributed by atoms with Crippen molar-refractivity contribution in [2.75, 3.05) is 26.2 Å². The molecule has 1 heterocycles. The van der Waals surface area contributed by atoms with Crippen LogP contribution in [0.4, 0.5) is 0 Å². The molecule has 0 radical (unpaired) electrons. The molecule has 0 bridgehead atoms. The van der Waals surface area contributed by atoms with Gasteiger partial charge in [0.15, 0.2) is 0 Å². The highest BCUT2D eigenvalue weighted by atomic mass is 79.9.